The molecule has 0 amide bonds. The molecule has 3 heterocycles. The molecule has 4 aromatic rings. The third kappa shape index (κ3) is 3.89. The number of aromatic amines is 2. The second kappa shape index (κ2) is 7.35. The number of H-pyrrole nitrogens is 2. The summed E-state index contributed by atoms with van der Waals surface area (Å²) < 4.78 is 14.8. The van der Waals surface area contributed by atoms with Crippen molar-refractivity contribution >= 4 is 17.7 Å². The molecule has 1 unspecified atom stereocenters. The fourth-order valence-electron chi connectivity index (χ4n) is 3.17. The first-order chi connectivity index (χ1) is 15.0. The molecule has 3 aromatic heterocycles. The number of halogens is 1. The van der Waals surface area contributed by atoms with Gasteiger partial charge >= 0.3 is 5.69 Å². The van der Waals surface area contributed by atoms with E-state index < -0.39 is 5.69 Å². The van der Waals surface area contributed by atoms with Gasteiger partial charge in [0.1, 0.15) is 11.5 Å². The topological polar surface area (TPSA) is 136 Å². The van der Waals surface area contributed by atoms with Crippen LogP contribution in [0.2, 0.25) is 0 Å². The first-order valence-electron chi connectivity index (χ1n) is 9.81. The Kier molecular flexibility index (Phi) is 4.50. The molecule has 158 valence electrons. The van der Waals surface area contributed by atoms with E-state index in [1.807, 2.05) is 6.92 Å². The highest BCUT2D eigenvalue weighted by Crippen LogP contribution is 2.22. The molecule has 1 fully saturated rings. The third-order valence-electron chi connectivity index (χ3n) is 4.97. The monoisotopic (exact) mass is 422 g/mol. The number of rotatable bonds is 5. The predicted octanol–water partition coefficient (Wildman–Crippen LogP) is 0.769. The van der Waals surface area contributed by atoms with Crippen molar-refractivity contribution in [1.29, 1.82) is 0 Å². The highest BCUT2D eigenvalue weighted by Gasteiger charge is 2.21. The van der Waals surface area contributed by atoms with Gasteiger partial charge in [-0.05, 0) is 43.5 Å². The third-order valence-corrected chi connectivity index (χ3v) is 4.97. The van der Waals surface area contributed by atoms with Crippen LogP contribution in [0.15, 0.2) is 40.2 Å². The number of nitrogens with zero attached hydrogens (tertiary/aromatic N) is 5. The van der Waals surface area contributed by atoms with Crippen LogP contribution in [0.4, 0.5) is 10.3 Å². The maximum Gasteiger partial charge on any atom is 0.326 e. The van der Waals surface area contributed by atoms with E-state index in [2.05, 4.69) is 35.3 Å². The van der Waals surface area contributed by atoms with E-state index in [4.69, 9.17) is 0 Å². The largest absolute Gasteiger partial charge is 0.493 e. The van der Waals surface area contributed by atoms with E-state index in [9.17, 15) is 14.3 Å². The highest BCUT2D eigenvalue weighted by molar-refractivity contribution is 5.57. The molecular formula is C20H19FN8O2. The average Bonchev–Trinajstić information content (AvgIpc) is 3.37. The maximum atomic E-state index is 13.2. The predicted molar refractivity (Wildman–Crippen MR) is 110 cm³/mol. The Hall–Kier alpha value is -4.02. The van der Waals surface area contributed by atoms with Crippen molar-refractivity contribution in [2.75, 3.05) is 5.32 Å². The molecule has 10 nitrogen and oxygen atoms in total. The minimum atomic E-state index is -0.519. The minimum absolute atomic E-state index is 0.183. The van der Waals surface area contributed by atoms with E-state index in [0.29, 0.717) is 22.4 Å². The lowest BCUT2D eigenvalue weighted by Gasteiger charge is -2.14. The van der Waals surface area contributed by atoms with Gasteiger partial charge < -0.3 is 15.4 Å². The van der Waals surface area contributed by atoms with Crippen LogP contribution < -0.4 is 21.8 Å². The van der Waals surface area contributed by atoms with Gasteiger partial charge in [-0.1, -0.05) is 12.1 Å². The van der Waals surface area contributed by atoms with Crippen LogP contribution in [-0.2, 0) is 0 Å². The van der Waals surface area contributed by atoms with Crippen molar-refractivity contribution in [3.05, 3.63) is 68.9 Å². The summed E-state index contributed by atoms with van der Waals surface area (Å²) in [6, 6.07) is 6.23. The molecule has 0 spiro atoms. The number of aromatic hydroxyl groups is 1. The van der Waals surface area contributed by atoms with Gasteiger partial charge in [-0.15, -0.1) is 0 Å². The van der Waals surface area contributed by atoms with Crippen LogP contribution in [0.5, 0.6) is 5.88 Å². The Morgan fingerprint density at radius 2 is 2.06 bits per heavy atom. The summed E-state index contributed by atoms with van der Waals surface area (Å²) in [5, 5.41) is 18.0. The van der Waals surface area contributed by atoms with E-state index in [1.54, 1.807) is 24.4 Å². The Morgan fingerprint density at radius 1 is 1.29 bits per heavy atom. The number of benzene rings is 1. The molecule has 1 aliphatic carbocycles. The molecular weight excluding hydrogens is 403 g/mol. The molecule has 0 bridgehead atoms. The zero-order valence-electron chi connectivity index (χ0n) is 16.5. The SMILES string of the molecule is CC(Nc1nc(=NC2CC2)n2nc/c(=C/c3[nH]c(=O)[nH]c3O)c2n1)c1ccc(F)cc1. The van der Waals surface area contributed by atoms with Crippen molar-refractivity contribution in [1.82, 2.24) is 29.5 Å². The lowest BCUT2D eigenvalue weighted by molar-refractivity contribution is 0.454. The van der Waals surface area contributed by atoms with Crippen LogP contribution >= 0.6 is 0 Å². The summed E-state index contributed by atoms with van der Waals surface area (Å²) in [5.41, 5.74) is 1.45. The summed E-state index contributed by atoms with van der Waals surface area (Å²) in [4.78, 5) is 29.9. The normalized spacial score (nSPS) is 16.2. The quantitative estimate of drug-likeness (QED) is 0.375. The summed E-state index contributed by atoms with van der Waals surface area (Å²) >= 11 is 0. The van der Waals surface area contributed by atoms with Gasteiger partial charge in [0.05, 0.1) is 18.3 Å². The van der Waals surface area contributed by atoms with Crippen molar-refractivity contribution in [3.63, 3.8) is 0 Å². The molecule has 0 saturated heterocycles. The summed E-state index contributed by atoms with van der Waals surface area (Å²) in [6.45, 7) is 1.92. The van der Waals surface area contributed by atoms with E-state index in [0.717, 1.165) is 18.4 Å². The van der Waals surface area contributed by atoms with E-state index in [1.165, 1.54) is 16.6 Å². The molecule has 0 radical (unpaired) electrons. The van der Waals surface area contributed by atoms with Crippen LogP contribution in [0, 0.1) is 5.82 Å². The van der Waals surface area contributed by atoms with Crippen molar-refractivity contribution in [3.8, 4) is 5.88 Å². The van der Waals surface area contributed by atoms with Crippen LogP contribution in [-0.4, -0.2) is 40.7 Å². The average molecular weight is 422 g/mol. The number of nitrogens with one attached hydrogen (secondary N) is 3. The molecule has 31 heavy (non-hydrogen) atoms. The first kappa shape index (κ1) is 19.0. The summed E-state index contributed by atoms with van der Waals surface area (Å²) in [6.07, 6.45) is 5.13. The molecule has 1 aliphatic rings. The number of fused-ring (bicyclic) bond motifs is 1. The molecule has 11 heteroatoms. The second-order valence-corrected chi connectivity index (χ2v) is 7.45. The fraction of sp³-hybridized carbons (Fsp3) is 0.250. The van der Waals surface area contributed by atoms with Gasteiger partial charge in [0.15, 0.2) is 5.65 Å². The van der Waals surface area contributed by atoms with Crippen LogP contribution in [0.3, 0.4) is 0 Å². The zero-order chi connectivity index (χ0) is 21.5. The standard InChI is InChI=1S/C20H19FN8O2/c1-10(11-2-4-13(21)5-3-11)23-18-26-16-12(8-15-17(30)27-20(31)25-15)9-22-29(16)19(28-18)24-14-6-7-14/h2-5,8-10,14,30H,6-7H2,1H3,(H,23,24,28)(H2,25,27,31)/b12-8-. The van der Waals surface area contributed by atoms with Gasteiger partial charge in [-0.25, -0.2) is 14.2 Å². The number of aromatic nitrogens is 6. The van der Waals surface area contributed by atoms with Crippen molar-refractivity contribution in [2.24, 2.45) is 4.99 Å². The molecule has 1 aromatic carbocycles. The van der Waals surface area contributed by atoms with Gasteiger partial charge in [0.25, 0.3) is 5.62 Å². The van der Waals surface area contributed by atoms with Crippen molar-refractivity contribution in [2.45, 2.75) is 31.8 Å². The summed E-state index contributed by atoms with van der Waals surface area (Å²) in [5.74, 6) is -0.236. The van der Waals surface area contributed by atoms with Crippen LogP contribution in [0.1, 0.15) is 37.1 Å². The molecule has 4 N–H and O–H groups in total. The van der Waals surface area contributed by atoms with Gasteiger partial charge in [-0.2, -0.15) is 19.6 Å². The fourth-order valence-corrected chi connectivity index (χ4v) is 3.17. The Balaban J connectivity index is 1.61. The van der Waals surface area contributed by atoms with E-state index >= 15 is 0 Å². The number of hydrogen-bond acceptors (Lipinski definition) is 7. The zero-order valence-corrected chi connectivity index (χ0v) is 16.5. The number of imidazole rings is 1. The van der Waals surface area contributed by atoms with Gasteiger partial charge in [0.2, 0.25) is 11.8 Å². The smallest absolute Gasteiger partial charge is 0.326 e. The molecule has 0 aliphatic heterocycles. The lowest BCUT2D eigenvalue weighted by Crippen LogP contribution is -2.25. The van der Waals surface area contributed by atoms with Gasteiger partial charge in [0, 0.05) is 5.22 Å². The number of anilines is 1. The van der Waals surface area contributed by atoms with Crippen molar-refractivity contribution < 1.29 is 9.50 Å². The Morgan fingerprint density at radius 3 is 2.74 bits per heavy atom. The van der Waals surface area contributed by atoms with E-state index in [-0.39, 0.29) is 29.5 Å². The first-order valence-corrected chi connectivity index (χ1v) is 9.81. The highest BCUT2D eigenvalue weighted by atomic mass is 19.1. The summed E-state index contributed by atoms with van der Waals surface area (Å²) in [7, 11) is 0. The molecule has 1 atom stereocenters. The Labute approximate surface area is 174 Å². The van der Waals surface area contributed by atoms with Gasteiger partial charge in [-0.3, -0.25) is 4.98 Å². The lowest BCUT2D eigenvalue weighted by atomic mass is 10.1. The minimum Gasteiger partial charge on any atom is -0.493 e. The second-order valence-electron chi connectivity index (χ2n) is 7.45. The number of hydrogen-bond donors (Lipinski definition) is 4. The van der Waals surface area contributed by atoms with Crippen LogP contribution in [0.25, 0.3) is 11.7 Å². The molecule has 5 rings (SSSR count). The molecule has 1 saturated carbocycles. The maximum absolute atomic E-state index is 13.2. The Bertz CT molecular complexity index is 1430.